The van der Waals surface area contributed by atoms with Crippen molar-refractivity contribution in [3.63, 3.8) is 0 Å². The predicted molar refractivity (Wildman–Crippen MR) is 39.5 cm³/mol. The average Bonchev–Trinajstić information content (AvgIpc) is 2.38. The summed E-state index contributed by atoms with van der Waals surface area (Å²) in [7, 11) is -4.06. The maximum Gasteiger partial charge on any atom is 0.429 e. The maximum absolute atomic E-state index is 11.0. The number of imidazole rings is 1. The van der Waals surface area contributed by atoms with Crippen LogP contribution in [0.5, 0.6) is 0 Å². The zero-order chi connectivity index (χ0) is 9.19. The highest BCUT2D eigenvalue weighted by Crippen LogP contribution is 2.47. The highest BCUT2D eigenvalue weighted by atomic mass is 31.2. The van der Waals surface area contributed by atoms with Gasteiger partial charge in [-0.25, -0.2) is 9.55 Å². The second-order valence-corrected chi connectivity index (χ2v) is 3.92. The molecule has 1 radical (unpaired) electrons. The number of hydrogen-bond acceptors (Lipinski definition) is 4. The molecular formula is C5H8N2O4P. The van der Waals surface area contributed by atoms with Gasteiger partial charge in [0.2, 0.25) is 5.85 Å². The number of aliphatic hydroxyl groups is 1. The Morgan fingerprint density at radius 2 is 2.42 bits per heavy atom. The molecule has 12 heavy (non-hydrogen) atoms. The van der Waals surface area contributed by atoms with E-state index in [4.69, 9.17) is 10.00 Å². The minimum atomic E-state index is -4.06. The Balaban J connectivity index is 2.69. The quantitative estimate of drug-likeness (QED) is 0.674. The molecule has 0 fully saturated rings. The van der Waals surface area contributed by atoms with Crippen LogP contribution < -0.4 is 4.62 Å². The van der Waals surface area contributed by atoms with Crippen LogP contribution in [0.25, 0.3) is 0 Å². The van der Waals surface area contributed by atoms with E-state index >= 15 is 0 Å². The monoisotopic (exact) mass is 191 g/mol. The molecule has 1 heterocycles. The summed E-state index contributed by atoms with van der Waals surface area (Å²) in [5.74, 6) is -0.656. The Morgan fingerprint density at radius 3 is 2.83 bits per heavy atom. The van der Waals surface area contributed by atoms with E-state index in [1.165, 1.54) is 18.7 Å². The van der Waals surface area contributed by atoms with Gasteiger partial charge in [-0.1, -0.05) is 0 Å². The molecular weight excluding hydrogens is 183 g/mol. The predicted octanol–water partition coefficient (Wildman–Crippen LogP) is 0.379. The first-order valence-corrected chi connectivity index (χ1v) is 4.64. The third-order valence-corrected chi connectivity index (χ3v) is 2.32. The van der Waals surface area contributed by atoms with Crippen molar-refractivity contribution in [3.05, 3.63) is 24.6 Å². The van der Waals surface area contributed by atoms with Crippen LogP contribution in [0, 0.1) is 5.85 Å². The minimum absolute atomic E-state index is 0.656. The van der Waals surface area contributed by atoms with Crippen molar-refractivity contribution in [2.75, 3.05) is 0 Å². The van der Waals surface area contributed by atoms with Crippen LogP contribution in [-0.2, 0) is 4.57 Å². The molecule has 1 atom stereocenters. The molecule has 1 unspecified atom stereocenters. The van der Waals surface area contributed by atoms with Gasteiger partial charge in [0.05, 0.1) is 6.20 Å². The van der Waals surface area contributed by atoms with Gasteiger partial charge >= 0.3 is 7.60 Å². The summed E-state index contributed by atoms with van der Waals surface area (Å²) in [6.07, 6.45) is 3.92. The van der Waals surface area contributed by atoms with Crippen molar-refractivity contribution in [3.8, 4) is 0 Å². The van der Waals surface area contributed by atoms with E-state index in [9.17, 15) is 4.57 Å². The number of aromatic nitrogens is 2. The molecule has 0 aliphatic carbocycles. The van der Waals surface area contributed by atoms with Crippen molar-refractivity contribution in [1.29, 1.82) is 0 Å². The fraction of sp³-hybridized carbons (Fsp3) is 0.200. The van der Waals surface area contributed by atoms with Gasteiger partial charge in [0.15, 0.2) is 0 Å². The second-order valence-electron chi connectivity index (χ2n) is 2.07. The van der Waals surface area contributed by atoms with Gasteiger partial charge in [-0.3, -0.25) is 0 Å². The molecule has 2 N–H and O–H groups in total. The molecule has 0 aliphatic rings. The number of rotatable bonds is 3. The zero-order valence-electron chi connectivity index (χ0n) is 6.28. The molecule has 0 spiro atoms. The average molecular weight is 191 g/mol. The van der Waals surface area contributed by atoms with Crippen molar-refractivity contribution < 1.29 is 19.2 Å². The van der Waals surface area contributed by atoms with Gasteiger partial charge < -0.3 is 14.6 Å². The van der Waals surface area contributed by atoms with Crippen LogP contribution in [0.1, 0.15) is 6.92 Å². The van der Waals surface area contributed by atoms with Crippen LogP contribution in [0.3, 0.4) is 0 Å². The van der Waals surface area contributed by atoms with E-state index in [0.717, 1.165) is 11.7 Å². The van der Waals surface area contributed by atoms with E-state index < -0.39 is 13.4 Å². The summed E-state index contributed by atoms with van der Waals surface area (Å²) in [5.41, 5.74) is 0. The van der Waals surface area contributed by atoms with Crippen molar-refractivity contribution in [1.82, 2.24) is 9.71 Å². The zero-order valence-corrected chi connectivity index (χ0v) is 7.18. The second kappa shape index (κ2) is 3.26. The Bertz CT molecular complexity index is 284. The largest absolute Gasteiger partial charge is 0.429 e. The molecule has 1 aromatic heterocycles. The number of aliphatic hydroxyl groups excluding tert-OH is 1. The lowest BCUT2D eigenvalue weighted by Gasteiger charge is -2.13. The molecule has 0 amide bonds. The van der Waals surface area contributed by atoms with Crippen LogP contribution in [0.15, 0.2) is 18.7 Å². The van der Waals surface area contributed by atoms with E-state index in [2.05, 4.69) is 9.61 Å². The van der Waals surface area contributed by atoms with Crippen molar-refractivity contribution in [2.45, 2.75) is 6.92 Å². The molecule has 0 aliphatic heterocycles. The molecule has 0 aromatic carbocycles. The normalized spacial score (nSPS) is 16.0. The molecule has 0 saturated carbocycles. The summed E-state index contributed by atoms with van der Waals surface area (Å²) < 4.78 is 16.4. The summed E-state index contributed by atoms with van der Waals surface area (Å²) in [5, 5.41) is 8.72. The van der Waals surface area contributed by atoms with E-state index in [0.29, 0.717) is 0 Å². The molecule has 0 bridgehead atoms. The van der Waals surface area contributed by atoms with Crippen LogP contribution in [0.2, 0.25) is 0 Å². The lowest BCUT2D eigenvalue weighted by atomic mass is 10.9. The Kier molecular flexibility index (Phi) is 2.52. The fourth-order valence-electron chi connectivity index (χ4n) is 0.482. The smallest absolute Gasteiger partial charge is 0.374 e. The summed E-state index contributed by atoms with van der Waals surface area (Å²) in [6.45, 7) is 1.09. The molecule has 67 valence electrons. The van der Waals surface area contributed by atoms with Crippen LogP contribution in [-0.4, -0.2) is 19.7 Å². The highest BCUT2D eigenvalue weighted by molar-refractivity contribution is 7.56. The van der Waals surface area contributed by atoms with Crippen molar-refractivity contribution in [2.24, 2.45) is 0 Å². The van der Waals surface area contributed by atoms with Gasteiger partial charge in [0, 0.05) is 6.20 Å². The lowest BCUT2D eigenvalue weighted by Crippen LogP contribution is -2.09. The number of hydrogen-bond donors (Lipinski definition) is 2. The van der Waals surface area contributed by atoms with Crippen molar-refractivity contribution >= 4 is 7.60 Å². The highest BCUT2D eigenvalue weighted by Gasteiger charge is 2.30. The maximum atomic E-state index is 11.0. The Hall–Kier alpha value is -0.840. The van der Waals surface area contributed by atoms with E-state index in [1.54, 1.807) is 0 Å². The van der Waals surface area contributed by atoms with Crippen LogP contribution >= 0.6 is 7.60 Å². The summed E-state index contributed by atoms with van der Waals surface area (Å²) in [4.78, 5) is 12.5. The lowest BCUT2D eigenvalue weighted by molar-refractivity contribution is 0.206. The fourth-order valence-corrected chi connectivity index (χ4v) is 0.952. The summed E-state index contributed by atoms with van der Waals surface area (Å²) in [6, 6.07) is 0. The molecule has 1 rings (SSSR count). The van der Waals surface area contributed by atoms with Gasteiger partial charge in [0.1, 0.15) is 6.33 Å². The SMILES string of the molecule is C[C](O)P(=O)(O)On1ccnc1. The minimum Gasteiger partial charge on any atom is -0.374 e. The molecule has 6 nitrogen and oxygen atoms in total. The van der Waals surface area contributed by atoms with Gasteiger partial charge in [0.25, 0.3) is 0 Å². The summed E-state index contributed by atoms with van der Waals surface area (Å²) >= 11 is 0. The Labute approximate surface area is 68.9 Å². The van der Waals surface area contributed by atoms with E-state index in [-0.39, 0.29) is 0 Å². The van der Waals surface area contributed by atoms with Gasteiger partial charge in [-0.2, -0.15) is 4.73 Å². The molecule has 7 heteroatoms. The first kappa shape index (κ1) is 9.25. The van der Waals surface area contributed by atoms with Gasteiger partial charge in [-0.15, -0.1) is 0 Å². The standard InChI is InChI=1S/C5H8N2O4P/c1-5(8)12(9,10)11-7-3-2-6-4-7/h2-4,8H,1H3,(H,9,10). The molecule has 1 aromatic rings. The van der Waals surface area contributed by atoms with E-state index in [1.807, 2.05) is 0 Å². The van der Waals surface area contributed by atoms with Gasteiger partial charge in [-0.05, 0) is 6.92 Å². The topological polar surface area (TPSA) is 84.6 Å². The third-order valence-electron chi connectivity index (χ3n) is 1.09. The first-order valence-electron chi connectivity index (χ1n) is 3.06. The number of nitrogens with zero attached hydrogens (tertiary/aromatic N) is 2. The Morgan fingerprint density at radius 1 is 1.75 bits per heavy atom. The van der Waals surface area contributed by atoms with Crippen LogP contribution in [0.4, 0.5) is 0 Å². The molecule has 0 saturated heterocycles. The third kappa shape index (κ3) is 2.07. The first-order chi connectivity index (χ1) is 5.52.